The number of amides is 1. The topological polar surface area (TPSA) is 66.8 Å². The Morgan fingerprint density at radius 3 is 2.33 bits per heavy atom. The molecule has 0 radical (unpaired) electrons. The van der Waals surface area contributed by atoms with E-state index < -0.39 is 11.9 Å². The molecule has 0 heterocycles. The molecule has 2 saturated carbocycles. The summed E-state index contributed by atoms with van der Waals surface area (Å²) in [5.41, 5.74) is 0. The van der Waals surface area contributed by atoms with Gasteiger partial charge in [0.05, 0.1) is 18.4 Å². The fraction of sp³-hybridized carbons (Fsp3) is 0.875. The molecule has 0 bridgehead atoms. The number of carbonyl (C=O) groups excluding carboxylic acids is 1. The van der Waals surface area contributed by atoms with E-state index in [0.29, 0.717) is 31.9 Å². The van der Waals surface area contributed by atoms with Crippen LogP contribution in [0.2, 0.25) is 0 Å². The van der Waals surface area contributed by atoms with Crippen molar-refractivity contribution in [1.29, 1.82) is 0 Å². The van der Waals surface area contributed by atoms with Crippen molar-refractivity contribution in [3.63, 3.8) is 0 Å². The summed E-state index contributed by atoms with van der Waals surface area (Å²) in [7, 11) is 1.63. The van der Waals surface area contributed by atoms with Crippen molar-refractivity contribution in [3.05, 3.63) is 0 Å². The molecule has 0 aromatic heterocycles. The van der Waals surface area contributed by atoms with E-state index in [2.05, 4.69) is 6.92 Å². The number of rotatable bonds is 7. The van der Waals surface area contributed by atoms with Crippen LogP contribution >= 0.6 is 0 Å². The molecule has 5 nitrogen and oxygen atoms in total. The lowest BCUT2D eigenvalue weighted by Crippen LogP contribution is -2.48. The number of nitrogens with zero attached hydrogens (tertiary/aromatic N) is 1. The van der Waals surface area contributed by atoms with Crippen LogP contribution in [0.3, 0.4) is 0 Å². The van der Waals surface area contributed by atoms with Crippen LogP contribution in [0.4, 0.5) is 0 Å². The van der Waals surface area contributed by atoms with Gasteiger partial charge in [-0.1, -0.05) is 12.8 Å². The third-order valence-corrected chi connectivity index (χ3v) is 5.02. The van der Waals surface area contributed by atoms with E-state index in [9.17, 15) is 14.7 Å². The number of carboxylic acids is 1. The zero-order valence-corrected chi connectivity index (χ0v) is 13.1. The highest BCUT2D eigenvalue weighted by Crippen LogP contribution is 2.37. The van der Waals surface area contributed by atoms with Crippen LogP contribution in [-0.4, -0.2) is 48.2 Å². The van der Waals surface area contributed by atoms with Gasteiger partial charge in [0.25, 0.3) is 0 Å². The number of ether oxygens (including phenoxy) is 1. The molecule has 5 heteroatoms. The Labute approximate surface area is 126 Å². The van der Waals surface area contributed by atoms with Gasteiger partial charge in [-0.2, -0.15) is 0 Å². The van der Waals surface area contributed by atoms with Gasteiger partial charge in [0, 0.05) is 19.7 Å². The van der Waals surface area contributed by atoms with Gasteiger partial charge in [-0.15, -0.1) is 0 Å². The second-order valence-electron chi connectivity index (χ2n) is 6.44. The van der Waals surface area contributed by atoms with E-state index >= 15 is 0 Å². The third-order valence-electron chi connectivity index (χ3n) is 5.02. The molecule has 2 rings (SSSR count). The lowest BCUT2D eigenvalue weighted by molar-refractivity contribution is -0.153. The fourth-order valence-electron chi connectivity index (χ4n) is 3.47. The lowest BCUT2D eigenvalue weighted by Gasteiger charge is -2.36. The predicted octanol–water partition coefficient (Wildman–Crippen LogP) is 2.15. The Morgan fingerprint density at radius 1 is 1.19 bits per heavy atom. The van der Waals surface area contributed by atoms with Crippen LogP contribution < -0.4 is 0 Å². The molecule has 21 heavy (non-hydrogen) atoms. The Bertz CT molecular complexity index is 380. The summed E-state index contributed by atoms with van der Waals surface area (Å²) >= 11 is 0. The van der Waals surface area contributed by atoms with E-state index in [4.69, 9.17) is 4.74 Å². The molecular formula is C16H27NO4. The first-order valence-corrected chi connectivity index (χ1v) is 8.08. The number of carboxylic acid groups (broad SMARTS) is 1. The second-order valence-corrected chi connectivity index (χ2v) is 6.44. The van der Waals surface area contributed by atoms with Crippen molar-refractivity contribution in [2.45, 2.75) is 51.5 Å². The van der Waals surface area contributed by atoms with E-state index in [1.165, 1.54) is 12.8 Å². The van der Waals surface area contributed by atoms with Gasteiger partial charge < -0.3 is 14.7 Å². The van der Waals surface area contributed by atoms with E-state index in [1.54, 1.807) is 7.11 Å². The van der Waals surface area contributed by atoms with Gasteiger partial charge in [0.1, 0.15) is 0 Å². The van der Waals surface area contributed by atoms with Gasteiger partial charge in [-0.3, -0.25) is 9.59 Å². The molecule has 2 aliphatic carbocycles. The average Bonchev–Trinajstić information content (AvgIpc) is 3.31. The first-order chi connectivity index (χ1) is 10.1. The summed E-state index contributed by atoms with van der Waals surface area (Å²) in [5.74, 6) is -1.08. The predicted molar refractivity (Wildman–Crippen MR) is 78.9 cm³/mol. The van der Waals surface area contributed by atoms with Crippen molar-refractivity contribution in [3.8, 4) is 0 Å². The van der Waals surface area contributed by atoms with E-state index in [-0.39, 0.29) is 17.9 Å². The second kappa shape index (κ2) is 7.25. The van der Waals surface area contributed by atoms with Crippen molar-refractivity contribution in [1.82, 2.24) is 4.90 Å². The molecule has 3 atom stereocenters. The minimum atomic E-state index is -0.821. The van der Waals surface area contributed by atoms with Gasteiger partial charge in [-0.05, 0) is 38.5 Å². The zero-order valence-electron chi connectivity index (χ0n) is 13.1. The maximum atomic E-state index is 12.9. The van der Waals surface area contributed by atoms with Gasteiger partial charge in [-0.25, -0.2) is 0 Å². The van der Waals surface area contributed by atoms with Crippen molar-refractivity contribution in [2.24, 2.45) is 17.8 Å². The molecule has 0 aromatic rings. The van der Waals surface area contributed by atoms with Gasteiger partial charge in [0.2, 0.25) is 5.91 Å². The van der Waals surface area contributed by atoms with Crippen LogP contribution in [0.5, 0.6) is 0 Å². The number of aliphatic carboxylic acids is 1. The summed E-state index contributed by atoms with van der Waals surface area (Å²) in [5, 5.41) is 9.38. The van der Waals surface area contributed by atoms with Crippen molar-refractivity contribution < 1.29 is 19.4 Å². The third kappa shape index (κ3) is 3.96. The Hall–Kier alpha value is -1.10. The van der Waals surface area contributed by atoms with Crippen LogP contribution in [0.25, 0.3) is 0 Å². The number of methoxy groups -OCH3 is 1. The van der Waals surface area contributed by atoms with E-state index in [0.717, 1.165) is 12.8 Å². The maximum Gasteiger partial charge on any atom is 0.307 e. The summed E-state index contributed by atoms with van der Waals surface area (Å²) in [6.07, 6.45) is 5.54. The minimum absolute atomic E-state index is 0.0264. The van der Waals surface area contributed by atoms with Gasteiger partial charge >= 0.3 is 5.97 Å². The smallest absolute Gasteiger partial charge is 0.307 e. The number of hydrogen-bond donors (Lipinski definition) is 1. The van der Waals surface area contributed by atoms with Crippen LogP contribution in [0.1, 0.15) is 45.4 Å². The maximum absolute atomic E-state index is 12.9. The molecule has 1 unspecified atom stereocenters. The van der Waals surface area contributed by atoms with Crippen LogP contribution in [-0.2, 0) is 14.3 Å². The standard InChI is InChI=1S/C16H27NO4/c1-11(12-7-8-12)17(9-10-21-2)15(18)13-5-3-4-6-14(13)16(19)20/h11-14H,3-10H2,1-2H3,(H,19,20)/t11?,13-,14+/m1/s1. The SMILES string of the molecule is COCCN(C(=O)[C@@H]1CCCC[C@@H]1C(=O)O)C(C)C1CC1. The summed E-state index contributed by atoms with van der Waals surface area (Å²) in [4.78, 5) is 26.2. The summed E-state index contributed by atoms with van der Waals surface area (Å²) < 4.78 is 5.12. The highest BCUT2D eigenvalue weighted by Gasteiger charge is 2.41. The molecule has 0 aromatic carbocycles. The average molecular weight is 297 g/mol. The Morgan fingerprint density at radius 2 is 1.81 bits per heavy atom. The molecule has 0 saturated heterocycles. The highest BCUT2D eigenvalue weighted by atomic mass is 16.5. The zero-order chi connectivity index (χ0) is 15.4. The molecule has 1 N–H and O–H groups in total. The molecule has 0 aliphatic heterocycles. The molecule has 2 fully saturated rings. The van der Waals surface area contributed by atoms with Crippen LogP contribution in [0.15, 0.2) is 0 Å². The van der Waals surface area contributed by atoms with Gasteiger partial charge in [0.15, 0.2) is 0 Å². The van der Waals surface area contributed by atoms with Crippen LogP contribution in [0, 0.1) is 17.8 Å². The highest BCUT2D eigenvalue weighted by molar-refractivity contribution is 5.85. The summed E-state index contributed by atoms with van der Waals surface area (Å²) in [6.45, 7) is 3.16. The lowest BCUT2D eigenvalue weighted by atomic mass is 9.78. The number of carbonyl (C=O) groups is 2. The molecular weight excluding hydrogens is 270 g/mol. The van der Waals surface area contributed by atoms with Crippen molar-refractivity contribution >= 4 is 11.9 Å². The Kier molecular flexibility index (Phi) is 5.62. The molecule has 120 valence electrons. The fourth-order valence-corrected chi connectivity index (χ4v) is 3.47. The first-order valence-electron chi connectivity index (χ1n) is 8.08. The molecule has 1 amide bonds. The Balaban J connectivity index is 2.09. The summed E-state index contributed by atoms with van der Waals surface area (Å²) in [6, 6.07) is 0.198. The largest absolute Gasteiger partial charge is 0.481 e. The first kappa shape index (κ1) is 16.3. The quantitative estimate of drug-likeness (QED) is 0.782. The van der Waals surface area contributed by atoms with E-state index in [1.807, 2.05) is 4.90 Å². The molecule has 2 aliphatic rings. The van der Waals surface area contributed by atoms with Crippen molar-refractivity contribution in [2.75, 3.05) is 20.3 Å². The monoisotopic (exact) mass is 297 g/mol. The normalized spacial score (nSPS) is 27.1. The minimum Gasteiger partial charge on any atom is -0.481 e. The number of hydrogen-bond acceptors (Lipinski definition) is 3. The molecule has 0 spiro atoms.